The molecule has 3 rings (SSSR count). The highest BCUT2D eigenvalue weighted by Gasteiger charge is 2.35. The van der Waals surface area contributed by atoms with Crippen molar-refractivity contribution in [1.82, 2.24) is 25.5 Å². The molecule has 2 heterocycles. The third-order valence-electron chi connectivity index (χ3n) is 4.64. The van der Waals surface area contributed by atoms with Crippen LogP contribution in [0.3, 0.4) is 0 Å². The Hall–Kier alpha value is -2.28. The molecule has 0 saturated carbocycles. The number of ether oxygens (including phenoxy) is 1. The lowest BCUT2D eigenvalue weighted by molar-refractivity contribution is -0.146. The van der Waals surface area contributed by atoms with E-state index in [0.29, 0.717) is 18.9 Å². The summed E-state index contributed by atoms with van der Waals surface area (Å²) in [5.74, 6) is 0.570. The Morgan fingerprint density at radius 1 is 1.42 bits per heavy atom. The van der Waals surface area contributed by atoms with Gasteiger partial charge in [-0.15, -0.1) is 10.2 Å². The first kappa shape index (κ1) is 16.6. The molecular formula is C17H23N5O2. The predicted molar refractivity (Wildman–Crippen MR) is 88.0 cm³/mol. The standard InChI is InChI=1S/C17H23N5O2/c1-12(11-15-18-20-21-19-15)22(2)17(23)14-9-6-10-24-16(14)13-7-4-3-5-8-13/h3-5,7-8,12,14,16H,6,9-11H2,1-2H3,(H,18,19,20,21)/t12?,14-,16+/m1/s1. The van der Waals surface area contributed by atoms with E-state index in [-0.39, 0.29) is 24.0 Å². The molecule has 1 saturated heterocycles. The van der Waals surface area contributed by atoms with Crippen LogP contribution in [0.25, 0.3) is 0 Å². The zero-order valence-electron chi connectivity index (χ0n) is 14.1. The van der Waals surface area contributed by atoms with E-state index in [1.165, 1.54) is 0 Å². The van der Waals surface area contributed by atoms with Crippen LogP contribution in [0, 0.1) is 5.92 Å². The number of aromatic amines is 1. The lowest BCUT2D eigenvalue weighted by Crippen LogP contribution is -2.43. The smallest absolute Gasteiger partial charge is 0.228 e. The minimum atomic E-state index is -0.174. The number of nitrogens with zero attached hydrogens (tertiary/aromatic N) is 4. The molecule has 0 bridgehead atoms. The molecule has 7 nitrogen and oxygen atoms in total. The fourth-order valence-corrected chi connectivity index (χ4v) is 3.15. The molecule has 7 heteroatoms. The van der Waals surface area contributed by atoms with Crippen LogP contribution in [0.2, 0.25) is 0 Å². The minimum Gasteiger partial charge on any atom is -0.373 e. The normalized spacial score (nSPS) is 22.1. The maximum absolute atomic E-state index is 13.0. The number of aromatic nitrogens is 4. The number of carbonyl (C=O) groups excluding carboxylic acids is 1. The summed E-state index contributed by atoms with van der Waals surface area (Å²) >= 11 is 0. The first-order chi connectivity index (χ1) is 11.7. The van der Waals surface area contributed by atoms with Crippen molar-refractivity contribution in [2.24, 2.45) is 5.92 Å². The van der Waals surface area contributed by atoms with Crippen molar-refractivity contribution in [2.75, 3.05) is 13.7 Å². The zero-order chi connectivity index (χ0) is 16.9. The second kappa shape index (κ2) is 7.53. The van der Waals surface area contributed by atoms with Gasteiger partial charge in [0.25, 0.3) is 0 Å². The third-order valence-corrected chi connectivity index (χ3v) is 4.64. The molecule has 1 N–H and O–H groups in total. The summed E-state index contributed by atoms with van der Waals surface area (Å²) in [6.45, 7) is 2.70. The summed E-state index contributed by atoms with van der Waals surface area (Å²) < 4.78 is 5.95. The van der Waals surface area contributed by atoms with E-state index < -0.39 is 0 Å². The van der Waals surface area contributed by atoms with Crippen LogP contribution >= 0.6 is 0 Å². The summed E-state index contributed by atoms with van der Waals surface area (Å²) in [5.41, 5.74) is 1.06. The molecule has 1 aromatic heterocycles. The fraction of sp³-hybridized carbons (Fsp3) is 0.529. The van der Waals surface area contributed by atoms with Gasteiger partial charge < -0.3 is 9.64 Å². The topological polar surface area (TPSA) is 84.0 Å². The molecule has 3 atom stereocenters. The number of nitrogens with one attached hydrogen (secondary N) is 1. The fourth-order valence-electron chi connectivity index (χ4n) is 3.15. The van der Waals surface area contributed by atoms with E-state index >= 15 is 0 Å². The van der Waals surface area contributed by atoms with Gasteiger partial charge in [-0.1, -0.05) is 35.5 Å². The number of likely N-dealkylation sites (N-methyl/N-ethyl adjacent to an activating group) is 1. The number of rotatable bonds is 5. The first-order valence-electron chi connectivity index (χ1n) is 8.32. The molecular weight excluding hydrogens is 306 g/mol. The van der Waals surface area contributed by atoms with Crippen LogP contribution in [0.4, 0.5) is 0 Å². The van der Waals surface area contributed by atoms with Crippen molar-refractivity contribution in [3.63, 3.8) is 0 Å². The molecule has 1 unspecified atom stereocenters. The van der Waals surface area contributed by atoms with Crippen LogP contribution in [0.5, 0.6) is 0 Å². The number of carbonyl (C=O) groups is 1. The van der Waals surface area contributed by atoms with Gasteiger partial charge in [-0.2, -0.15) is 5.21 Å². The van der Waals surface area contributed by atoms with Crippen molar-refractivity contribution < 1.29 is 9.53 Å². The van der Waals surface area contributed by atoms with Gasteiger partial charge >= 0.3 is 0 Å². The van der Waals surface area contributed by atoms with Crippen molar-refractivity contribution >= 4 is 5.91 Å². The highest BCUT2D eigenvalue weighted by Crippen LogP contribution is 2.35. The van der Waals surface area contributed by atoms with Gasteiger partial charge in [-0.25, -0.2) is 0 Å². The molecule has 1 aliphatic rings. The number of H-pyrrole nitrogens is 1. The number of hydrogen-bond donors (Lipinski definition) is 1. The van der Waals surface area contributed by atoms with Crippen molar-refractivity contribution in [3.8, 4) is 0 Å². The average Bonchev–Trinajstić information content (AvgIpc) is 3.14. The molecule has 2 aromatic rings. The second-order valence-electron chi connectivity index (χ2n) is 6.28. The predicted octanol–water partition coefficient (Wildman–Crippen LogP) is 1.76. The molecule has 0 aliphatic carbocycles. The second-order valence-corrected chi connectivity index (χ2v) is 6.28. The Bertz CT molecular complexity index is 646. The van der Waals surface area contributed by atoms with E-state index in [1.807, 2.05) is 44.3 Å². The van der Waals surface area contributed by atoms with E-state index in [1.54, 1.807) is 4.90 Å². The van der Waals surface area contributed by atoms with E-state index in [4.69, 9.17) is 4.74 Å². The summed E-state index contributed by atoms with van der Waals surface area (Å²) in [6.07, 6.45) is 2.15. The van der Waals surface area contributed by atoms with Gasteiger partial charge in [0.1, 0.15) is 0 Å². The van der Waals surface area contributed by atoms with Gasteiger partial charge in [0.2, 0.25) is 5.91 Å². The van der Waals surface area contributed by atoms with Gasteiger partial charge in [-0.05, 0) is 25.3 Å². The lowest BCUT2D eigenvalue weighted by atomic mass is 9.88. The SMILES string of the molecule is CC(Cc1nn[nH]n1)N(C)C(=O)[C@@H]1CCCO[C@H]1c1ccccc1. The quantitative estimate of drug-likeness (QED) is 0.903. The first-order valence-corrected chi connectivity index (χ1v) is 8.32. The molecule has 0 spiro atoms. The van der Waals surface area contributed by atoms with Gasteiger partial charge in [0.05, 0.1) is 12.0 Å². The number of hydrogen-bond acceptors (Lipinski definition) is 5. The van der Waals surface area contributed by atoms with Crippen LogP contribution in [0.15, 0.2) is 30.3 Å². The van der Waals surface area contributed by atoms with Gasteiger partial charge in [0, 0.05) is 26.1 Å². The Balaban J connectivity index is 1.71. The summed E-state index contributed by atoms with van der Waals surface area (Å²) in [7, 11) is 1.84. The lowest BCUT2D eigenvalue weighted by Gasteiger charge is -2.35. The molecule has 24 heavy (non-hydrogen) atoms. The highest BCUT2D eigenvalue weighted by molar-refractivity contribution is 5.79. The summed E-state index contributed by atoms with van der Waals surface area (Å²) in [5, 5.41) is 13.9. The van der Waals surface area contributed by atoms with Gasteiger partial charge in [-0.3, -0.25) is 4.79 Å². The Morgan fingerprint density at radius 2 is 2.21 bits per heavy atom. The largest absolute Gasteiger partial charge is 0.373 e. The summed E-state index contributed by atoms with van der Waals surface area (Å²) in [6, 6.07) is 9.99. The minimum absolute atomic E-state index is 0.00606. The average molecular weight is 329 g/mol. The maximum Gasteiger partial charge on any atom is 0.228 e. The Labute approximate surface area is 141 Å². The van der Waals surface area contributed by atoms with Gasteiger partial charge in [0.15, 0.2) is 5.82 Å². The van der Waals surface area contributed by atoms with Crippen LogP contribution < -0.4 is 0 Å². The van der Waals surface area contributed by atoms with Crippen LogP contribution in [-0.4, -0.2) is 51.1 Å². The molecule has 0 radical (unpaired) electrons. The van der Waals surface area contributed by atoms with E-state index in [0.717, 1.165) is 18.4 Å². The Kier molecular flexibility index (Phi) is 5.20. The van der Waals surface area contributed by atoms with Crippen LogP contribution in [-0.2, 0) is 16.0 Å². The zero-order valence-corrected chi connectivity index (χ0v) is 14.1. The van der Waals surface area contributed by atoms with Crippen LogP contribution in [0.1, 0.15) is 37.3 Å². The van der Waals surface area contributed by atoms with Crippen molar-refractivity contribution in [1.29, 1.82) is 0 Å². The number of tetrazole rings is 1. The Morgan fingerprint density at radius 3 is 2.92 bits per heavy atom. The van der Waals surface area contributed by atoms with E-state index in [2.05, 4.69) is 20.6 Å². The third kappa shape index (κ3) is 3.62. The van der Waals surface area contributed by atoms with E-state index in [9.17, 15) is 4.79 Å². The number of benzene rings is 1. The molecule has 1 aliphatic heterocycles. The molecule has 1 amide bonds. The maximum atomic E-state index is 13.0. The number of amides is 1. The highest BCUT2D eigenvalue weighted by atomic mass is 16.5. The van der Waals surface area contributed by atoms with Crippen molar-refractivity contribution in [3.05, 3.63) is 41.7 Å². The molecule has 128 valence electrons. The van der Waals surface area contributed by atoms with Crippen molar-refractivity contribution in [2.45, 2.75) is 38.3 Å². The monoisotopic (exact) mass is 329 g/mol. The summed E-state index contributed by atoms with van der Waals surface area (Å²) in [4.78, 5) is 14.8. The molecule has 1 aromatic carbocycles. The molecule has 1 fully saturated rings.